The highest BCUT2D eigenvalue weighted by Crippen LogP contribution is 2.16. The molecule has 1 aromatic heterocycles. The van der Waals surface area contributed by atoms with Gasteiger partial charge in [-0.05, 0) is 18.6 Å². The number of Topliss-reactive ketones (excluding diaryl/α,β-unsaturated/α-hetero) is 1. The van der Waals surface area contributed by atoms with Crippen molar-refractivity contribution in [2.24, 2.45) is 0 Å². The first kappa shape index (κ1) is 10.3. The molecule has 1 saturated heterocycles. The lowest BCUT2D eigenvalue weighted by Crippen LogP contribution is -2.40. The zero-order valence-electron chi connectivity index (χ0n) is 9.02. The summed E-state index contributed by atoms with van der Waals surface area (Å²) in [7, 11) is 0. The molecule has 0 aromatic carbocycles. The van der Waals surface area contributed by atoms with Gasteiger partial charge in [0.05, 0.1) is 0 Å². The van der Waals surface area contributed by atoms with Crippen LogP contribution >= 0.6 is 0 Å². The van der Waals surface area contributed by atoms with Crippen LogP contribution in [0.5, 0.6) is 0 Å². The summed E-state index contributed by atoms with van der Waals surface area (Å²) in [5.74, 6) is 0.393. The van der Waals surface area contributed by atoms with Crippen LogP contribution < -0.4 is 0 Å². The highest BCUT2D eigenvalue weighted by atomic mass is 16.1. The van der Waals surface area contributed by atoms with Gasteiger partial charge in [-0.2, -0.15) is 0 Å². The number of nitrogens with zero attached hydrogens (tertiary/aromatic N) is 2. The number of rotatable bonds is 2. The highest BCUT2D eigenvalue weighted by Gasteiger charge is 2.23. The number of likely N-dealkylation sites (tertiary alicyclic amines) is 1. The van der Waals surface area contributed by atoms with Gasteiger partial charge in [0.1, 0.15) is 5.78 Å². The van der Waals surface area contributed by atoms with Gasteiger partial charge in [0.2, 0.25) is 0 Å². The summed E-state index contributed by atoms with van der Waals surface area (Å²) in [5, 5.41) is 0. The van der Waals surface area contributed by atoms with Gasteiger partial charge < -0.3 is 0 Å². The van der Waals surface area contributed by atoms with Crippen molar-refractivity contribution in [1.82, 2.24) is 9.88 Å². The van der Waals surface area contributed by atoms with Gasteiger partial charge in [0.15, 0.2) is 0 Å². The summed E-state index contributed by atoms with van der Waals surface area (Å²) in [5.41, 5.74) is 1.22. The number of hydrogen-bond donors (Lipinski definition) is 0. The fourth-order valence-corrected chi connectivity index (χ4v) is 2.01. The average molecular weight is 204 g/mol. The predicted molar refractivity (Wildman–Crippen MR) is 58.4 cm³/mol. The number of piperidine rings is 1. The second kappa shape index (κ2) is 4.53. The Bertz CT molecular complexity index is 337. The molecule has 0 saturated carbocycles. The van der Waals surface area contributed by atoms with Gasteiger partial charge in [0.25, 0.3) is 0 Å². The fraction of sp³-hybridized carbons (Fsp3) is 0.500. The molecule has 2 rings (SSSR count). The van der Waals surface area contributed by atoms with Crippen LogP contribution in [0.3, 0.4) is 0 Å². The minimum absolute atomic E-state index is 0.367. The molecular formula is C12H16N2O. The second-order valence-corrected chi connectivity index (χ2v) is 4.17. The first-order chi connectivity index (χ1) is 7.25. The molecule has 0 aliphatic carbocycles. The number of hydrogen-bond acceptors (Lipinski definition) is 3. The summed E-state index contributed by atoms with van der Waals surface area (Å²) in [4.78, 5) is 17.7. The summed E-state index contributed by atoms with van der Waals surface area (Å²) >= 11 is 0. The number of carbonyl (C=O) groups is 1. The minimum atomic E-state index is 0.367. The molecule has 15 heavy (non-hydrogen) atoms. The van der Waals surface area contributed by atoms with Crippen LogP contribution in [0.25, 0.3) is 0 Å². The molecular weight excluding hydrogens is 188 g/mol. The van der Waals surface area contributed by atoms with E-state index >= 15 is 0 Å². The first-order valence-electron chi connectivity index (χ1n) is 5.40. The van der Waals surface area contributed by atoms with E-state index in [2.05, 4.69) is 22.9 Å². The molecule has 0 spiro atoms. The van der Waals surface area contributed by atoms with Crippen LogP contribution in [0.15, 0.2) is 24.5 Å². The molecule has 1 fully saturated rings. The van der Waals surface area contributed by atoms with Crippen molar-refractivity contribution in [3.8, 4) is 0 Å². The van der Waals surface area contributed by atoms with Gasteiger partial charge in [0, 0.05) is 44.4 Å². The smallest absolute Gasteiger partial charge is 0.135 e. The summed E-state index contributed by atoms with van der Waals surface area (Å²) < 4.78 is 0. The normalized spacial score (nSPS) is 23.0. The Balaban J connectivity index is 1.98. The van der Waals surface area contributed by atoms with Gasteiger partial charge in [-0.25, -0.2) is 0 Å². The average Bonchev–Trinajstić information content (AvgIpc) is 2.24. The number of pyridine rings is 1. The van der Waals surface area contributed by atoms with E-state index in [1.165, 1.54) is 5.56 Å². The maximum atomic E-state index is 11.2. The topological polar surface area (TPSA) is 33.2 Å². The summed E-state index contributed by atoms with van der Waals surface area (Å²) in [6.07, 6.45) is 5.07. The molecule has 1 aliphatic heterocycles. The van der Waals surface area contributed by atoms with Crippen molar-refractivity contribution in [3.63, 3.8) is 0 Å². The molecule has 0 amide bonds. The molecule has 1 unspecified atom stereocenters. The zero-order valence-corrected chi connectivity index (χ0v) is 9.02. The highest BCUT2D eigenvalue weighted by molar-refractivity contribution is 5.79. The Morgan fingerprint density at radius 1 is 1.60 bits per heavy atom. The van der Waals surface area contributed by atoms with Gasteiger partial charge in [-0.3, -0.25) is 14.7 Å². The SMILES string of the molecule is CC1CC(=O)CCN1Cc1cccnc1. The van der Waals surface area contributed by atoms with Crippen molar-refractivity contribution in [2.75, 3.05) is 6.54 Å². The molecule has 3 nitrogen and oxygen atoms in total. The van der Waals surface area contributed by atoms with E-state index in [1.54, 1.807) is 6.20 Å². The van der Waals surface area contributed by atoms with E-state index in [0.29, 0.717) is 24.7 Å². The number of carbonyl (C=O) groups excluding carboxylic acids is 1. The van der Waals surface area contributed by atoms with E-state index in [9.17, 15) is 4.79 Å². The molecule has 0 radical (unpaired) electrons. The number of aromatic nitrogens is 1. The zero-order chi connectivity index (χ0) is 10.7. The van der Waals surface area contributed by atoms with Gasteiger partial charge in [-0.15, -0.1) is 0 Å². The van der Waals surface area contributed by atoms with Crippen LogP contribution in [0.1, 0.15) is 25.3 Å². The monoisotopic (exact) mass is 204 g/mol. The maximum absolute atomic E-state index is 11.2. The molecule has 80 valence electrons. The Labute approximate surface area is 90.1 Å². The third-order valence-electron chi connectivity index (χ3n) is 2.93. The fourth-order valence-electron chi connectivity index (χ4n) is 2.01. The third-order valence-corrected chi connectivity index (χ3v) is 2.93. The molecule has 1 atom stereocenters. The molecule has 0 bridgehead atoms. The van der Waals surface area contributed by atoms with E-state index in [4.69, 9.17) is 0 Å². The predicted octanol–water partition coefficient (Wildman–Crippen LogP) is 1.64. The van der Waals surface area contributed by atoms with Crippen molar-refractivity contribution in [2.45, 2.75) is 32.4 Å². The summed E-state index contributed by atoms with van der Waals surface area (Å²) in [6.45, 7) is 3.91. The Kier molecular flexibility index (Phi) is 3.11. The molecule has 2 heterocycles. The second-order valence-electron chi connectivity index (χ2n) is 4.17. The minimum Gasteiger partial charge on any atom is -0.300 e. The van der Waals surface area contributed by atoms with E-state index in [-0.39, 0.29) is 0 Å². The number of ketones is 1. The lowest BCUT2D eigenvalue weighted by molar-refractivity contribution is -0.123. The van der Waals surface area contributed by atoms with Crippen LogP contribution in [0.4, 0.5) is 0 Å². The van der Waals surface area contributed by atoms with Crippen LogP contribution in [-0.2, 0) is 11.3 Å². The van der Waals surface area contributed by atoms with E-state index in [0.717, 1.165) is 13.1 Å². The van der Waals surface area contributed by atoms with Crippen molar-refractivity contribution < 1.29 is 4.79 Å². The molecule has 1 aromatic rings. The Morgan fingerprint density at radius 2 is 2.47 bits per heavy atom. The third kappa shape index (κ3) is 2.63. The molecule has 1 aliphatic rings. The summed E-state index contributed by atoms with van der Waals surface area (Å²) in [6, 6.07) is 4.40. The Hall–Kier alpha value is -1.22. The van der Waals surface area contributed by atoms with E-state index in [1.807, 2.05) is 12.3 Å². The maximum Gasteiger partial charge on any atom is 0.135 e. The largest absolute Gasteiger partial charge is 0.300 e. The molecule has 3 heteroatoms. The lowest BCUT2D eigenvalue weighted by atomic mass is 10.0. The first-order valence-corrected chi connectivity index (χ1v) is 5.40. The van der Waals surface area contributed by atoms with Crippen molar-refractivity contribution in [1.29, 1.82) is 0 Å². The van der Waals surface area contributed by atoms with Gasteiger partial charge >= 0.3 is 0 Å². The Morgan fingerprint density at radius 3 is 3.13 bits per heavy atom. The molecule has 0 N–H and O–H groups in total. The standard InChI is InChI=1S/C12H16N2O/c1-10-7-12(15)4-6-14(10)9-11-3-2-5-13-8-11/h2-3,5,8,10H,4,6-7,9H2,1H3. The van der Waals surface area contributed by atoms with Crippen molar-refractivity contribution in [3.05, 3.63) is 30.1 Å². The van der Waals surface area contributed by atoms with Crippen LogP contribution in [0, 0.1) is 0 Å². The quantitative estimate of drug-likeness (QED) is 0.734. The van der Waals surface area contributed by atoms with Crippen LogP contribution in [0.2, 0.25) is 0 Å². The van der Waals surface area contributed by atoms with Crippen LogP contribution in [-0.4, -0.2) is 28.3 Å². The van der Waals surface area contributed by atoms with Gasteiger partial charge in [-0.1, -0.05) is 6.07 Å². The van der Waals surface area contributed by atoms with Crippen molar-refractivity contribution >= 4 is 5.78 Å². The van der Waals surface area contributed by atoms with E-state index < -0.39 is 0 Å². The lowest BCUT2D eigenvalue weighted by Gasteiger charge is -2.32.